The van der Waals surface area contributed by atoms with Crippen molar-refractivity contribution >= 4 is 33.9 Å². The Morgan fingerprint density at radius 1 is 1.29 bits per heavy atom. The Kier molecular flexibility index (Phi) is 2.25. The number of nitrogens with zero attached hydrogens (tertiary/aromatic N) is 3. The van der Waals surface area contributed by atoms with Crippen LogP contribution in [0.25, 0.3) is 11.0 Å². The zero-order valence-electron chi connectivity index (χ0n) is 8.45. The fraction of sp³-hybridized carbons (Fsp3) is 0.400. The van der Waals surface area contributed by atoms with Gasteiger partial charge < -0.3 is 0 Å². The molecule has 74 valence electrons. The first kappa shape index (κ1) is 9.89. The molecule has 0 fully saturated rings. The Morgan fingerprint density at radius 2 is 2.00 bits per heavy atom. The topological polar surface area (TPSA) is 30.7 Å². The highest BCUT2D eigenvalue weighted by Crippen LogP contribution is 2.23. The van der Waals surface area contributed by atoms with Crippen LogP contribution >= 0.6 is 22.9 Å². The molecule has 0 saturated carbocycles. The first-order valence-electron chi connectivity index (χ1n) is 4.50. The summed E-state index contributed by atoms with van der Waals surface area (Å²) >= 11 is 2.14. The van der Waals surface area contributed by atoms with Gasteiger partial charge in [0.1, 0.15) is 0 Å². The zero-order chi connectivity index (χ0) is 10.3. The van der Waals surface area contributed by atoms with Crippen LogP contribution in [0.3, 0.4) is 0 Å². The quantitative estimate of drug-likeness (QED) is 0.701. The summed E-state index contributed by atoms with van der Waals surface area (Å²) in [6, 6.07) is 4.14. The van der Waals surface area contributed by atoms with Gasteiger partial charge in [-0.25, -0.2) is 4.98 Å². The molecule has 0 aromatic carbocycles. The van der Waals surface area contributed by atoms with E-state index in [9.17, 15) is 0 Å². The molecule has 0 spiro atoms. The molecule has 0 radical (unpaired) electrons. The van der Waals surface area contributed by atoms with Crippen LogP contribution in [0.4, 0.5) is 0 Å². The van der Waals surface area contributed by atoms with Crippen molar-refractivity contribution in [2.24, 2.45) is 0 Å². The molecule has 4 heteroatoms. The van der Waals surface area contributed by atoms with Gasteiger partial charge in [-0.05, 0) is 12.1 Å². The zero-order valence-corrected chi connectivity index (χ0v) is 10.6. The Morgan fingerprint density at radius 3 is 2.64 bits per heavy atom. The largest absolute Gasteiger partial charge is 0.232 e. The van der Waals surface area contributed by atoms with Crippen molar-refractivity contribution < 1.29 is 0 Å². The van der Waals surface area contributed by atoms with Crippen LogP contribution in [-0.2, 0) is 5.41 Å². The van der Waals surface area contributed by atoms with Crippen LogP contribution in [0.1, 0.15) is 26.5 Å². The molecule has 0 bridgehead atoms. The smallest absolute Gasteiger partial charge is 0.168 e. The Bertz CT molecular complexity index is 468. The molecule has 14 heavy (non-hydrogen) atoms. The highest BCUT2D eigenvalue weighted by atomic mass is 127. The molecule has 2 aromatic rings. The van der Waals surface area contributed by atoms with E-state index in [1.807, 2.05) is 6.20 Å². The lowest BCUT2D eigenvalue weighted by Crippen LogP contribution is -2.13. The van der Waals surface area contributed by atoms with Crippen LogP contribution in [0.5, 0.6) is 0 Å². The minimum absolute atomic E-state index is 0.0924. The second-order valence-electron chi connectivity index (χ2n) is 4.36. The first-order chi connectivity index (χ1) is 6.48. The third-order valence-corrected chi connectivity index (χ3v) is 2.85. The van der Waals surface area contributed by atoms with Gasteiger partial charge in [0.2, 0.25) is 0 Å². The number of rotatable bonds is 0. The van der Waals surface area contributed by atoms with E-state index in [-0.39, 0.29) is 5.41 Å². The lowest BCUT2D eigenvalue weighted by atomic mass is 9.91. The normalized spacial score (nSPS) is 12.3. The van der Waals surface area contributed by atoms with Crippen molar-refractivity contribution in [2.75, 3.05) is 0 Å². The van der Waals surface area contributed by atoms with Crippen molar-refractivity contribution in [3.05, 3.63) is 24.0 Å². The third-order valence-electron chi connectivity index (χ3n) is 2.15. The SMILES string of the molecule is CC(C)(C)c1ccc2cnn(I)c2n1. The van der Waals surface area contributed by atoms with E-state index in [0.717, 1.165) is 16.7 Å². The van der Waals surface area contributed by atoms with Gasteiger partial charge in [0, 0.05) is 16.5 Å². The van der Waals surface area contributed by atoms with E-state index in [4.69, 9.17) is 0 Å². The monoisotopic (exact) mass is 301 g/mol. The maximum absolute atomic E-state index is 4.60. The van der Waals surface area contributed by atoms with E-state index in [2.05, 4.69) is 65.9 Å². The van der Waals surface area contributed by atoms with Gasteiger partial charge in [-0.3, -0.25) is 0 Å². The van der Waals surface area contributed by atoms with Gasteiger partial charge in [-0.1, -0.05) is 20.8 Å². The van der Waals surface area contributed by atoms with E-state index >= 15 is 0 Å². The lowest BCUT2D eigenvalue weighted by Gasteiger charge is -2.17. The van der Waals surface area contributed by atoms with Gasteiger partial charge in [0.05, 0.1) is 29.1 Å². The van der Waals surface area contributed by atoms with Crippen LogP contribution in [0.2, 0.25) is 0 Å². The average Bonchev–Trinajstić information content (AvgIpc) is 2.46. The summed E-state index contributed by atoms with van der Waals surface area (Å²) in [4.78, 5) is 4.60. The van der Waals surface area contributed by atoms with Gasteiger partial charge in [0.15, 0.2) is 5.65 Å². The molecule has 0 N–H and O–H groups in total. The summed E-state index contributed by atoms with van der Waals surface area (Å²) in [7, 11) is 0. The number of fused-ring (bicyclic) bond motifs is 1. The maximum atomic E-state index is 4.60. The fourth-order valence-corrected chi connectivity index (χ4v) is 1.80. The van der Waals surface area contributed by atoms with Crippen LogP contribution in [-0.4, -0.2) is 13.0 Å². The molecule has 0 saturated heterocycles. The molecule has 0 atom stereocenters. The summed E-state index contributed by atoms with van der Waals surface area (Å²) in [6.07, 6.45) is 1.83. The van der Waals surface area contributed by atoms with Crippen molar-refractivity contribution in [3.63, 3.8) is 0 Å². The molecule has 0 aliphatic carbocycles. The summed E-state index contributed by atoms with van der Waals surface area (Å²) in [5, 5.41) is 5.25. The number of aromatic nitrogens is 3. The predicted octanol–water partition coefficient (Wildman–Crippen LogP) is 2.93. The summed E-state index contributed by atoms with van der Waals surface area (Å²) in [5.74, 6) is 0. The Hall–Kier alpha value is -0.650. The van der Waals surface area contributed by atoms with Gasteiger partial charge >= 0.3 is 0 Å². The average molecular weight is 301 g/mol. The Balaban J connectivity index is 2.66. The predicted molar refractivity (Wildman–Crippen MR) is 65.6 cm³/mol. The summed E-state index contributed by atoms with van der Waals surface area (Å²) in [5.41, 5.74) is 2.14. The van der Waals surface area contributed by atoms with Crippen LogP contribution in [0.15, 0.2) is 18.3 Å². The minimum atomic E-state index is 0.0924. The molecular formula is C10H12IN3. The van der Waals surface area contributed by atoms with E-state index in [1.165, 1.54) is 0 Å². The fourth-order valence-electron chi connectivity index (χ4n) is 1.29. The van der Waals surface area contributed by atoms with Crippen LogP contribution in [0, 0.1) is 0 Å². The second-order valence-corrected chi connectivity index (χ2v) is 5.28. The molecule has 0 amide bonds. The van der Waals surface area contributed by atoms with E-state index in [1.54, 1.807) is 2.90 Å². The molecule has 0 unspecified atom stereocenters. The second kappa shape index (κ2) is 3.18. The van der Waals surface area contributed by atoms with Crippen LogP contribution < -0.4 is 0 Å². The number of hydrogen-bond donors (Lipinski definition) is 0. The number of halogens is 1. The molecule has 0 aliphatic heterocycles. The van der Waals surface area contributed by atoms with Crippen molar-refractivity contribution in [2.45, 2.75) is 26.2 Å². The molecule has 2 aromatic heterocycles. The highest BCUT2D eigenvalue weighted by Gasteiger charge is 2.16. The number of hydrogen-bond acceptors (Lipinski definition) is 2. The maximum Gasteiger partial charge on any atom is 0.168 e. The number of pyridine rings is 1. The lowest BCUT2D eigenvalue weighted by molar-refractivity contribution is 0.571. The highest BCUT2D eigenvalue weighted by molar-refractivity contribution is 14.1. The van der Waals surface area contributed by atoms with Crippen molar-refractivity contribution in [1.82, 2.24) is 13.0 Å². The van der Waals surface area contributed by atoms with Crippen molar-refractivity contribution in [1.29, 1.82) is 0 Å². The molecule has 2 heterocycles. The molecule has 3 nitrogen and oxygen atoms in total. The third kappa shape index (κ3) is 1.63. The Labute approximate surface area is 97.0 Å². The minimum Gasteiger partial charge on any atom is -0.232 e. The van der Waals surface area contributed by atoms with Gasteiger partial charge in [0.25, 0.3) is 0 Å². The molecular weight excluding hydrogens is 289 g/mol. The molecule has 0 aliphatic rings. The van der Waals surface area contributed by atoms with Crippen molar-refractivity contribution in [3.8, 4) is 0 Å². The summed E-state index contributed by atoms with van der Waals surface area (Å²) < 4.78 is 1.78. The summed E-state index contributed by atoms with van der Waals surface area (Å²) in [6.45, 7) is 6.49. The standard InChI is InChI=1S/C10H12IN3/c1-10(2,3)8-5-4-7-6-12-14(11)9(7)13-8/h4-6H,1-3H3. The van der Waals surface area contributed by atoms with Gasteiger partial charge in [-0.2, -0.15) is 7.99 Å². The van der Waals surface area contributed by atoms with E-state index in [0.29, 0.717) is 0 Å². The van der Waals surface area contributed by atoms with E-state index < -0.39 is 0 Å². The first-order valence-corrected chi connectivity index (χ1v) is 5.46. The molecule has 2 rings (SSSR count). The van der Waals surface area contributed by atoms with Gasteiger partial charge in [-0.15, -0.1) is 0 Å².